The van der Waals surface area contributed by atoms with Crippen molar-refractivity contribution >= 4 is 11.8 Å². The molecule has 80 valence electrons. The van der Waals surface area contributed by atoms with E-state index in [4.69, 9.17) is 5.11 Å². The van der Waals surface area contributed by atoms with Crippen molar-refractivity contribution in [1.82, 2.24) is 4.90 Å². The minimum Gasteiger partial charge on any atom is -0.476 e. The number of carbonyl (C=O) groups excluding carboxylic acids is 1. The Morgan fingerprint density at radius 2 is 1.79 bits per heavy atom. The van der Waals surface area contributed by atoms with Crippen LogP contribution >= 0.6 is 0 Å². The zero-order chi connectivity index (χ0) is 10.4. The van der Waals surface area contributed by atoms with Crippen molar-refractivity contribution in [3.63, 3.8) is 0 Å². The van der Waals surface area contributed by atoms with Gasteiger partial charge in [0.2, 0.25) is 5.78 Å². The lowest BCUT2D eigenvalue weighted by molar-refractivity contribution is -0.149. The highest BCUT2D eigenvalue weighted by Gasteiger charge is 2.13. The molecule has 0 aromatic rings. The van der Waals surface area contributed by atoms with Gasteiger partial charge in [-0.15, -0.1) is 0 Å². The molecule has 1 N–H and O–H groups in total. The average molecular weight is 199 g/mol. The summed E-state index contributed by atoms with van der Waals surface area (Å²) in [5.41, 5.74) is 0. The van der Waals surface area contributed by atoms with Crippen molar-refractivity contribution in [2.45, 2.75) is 32.1 Å². The molecular weight excluding hydrogens is 182 g/mol. The SMILES string of the molecule is O=C(O)C(=O)CCCN1CCCCC1. The number of carboxylic acids is 1. The Morgan fingerprint density at radius 3 is 2.36 bits per heavy atom. The minimum absolute atomic E-state index is 0.172. The number of rotatable bonds is 5. The molecule has 1 heterocycles. The van der Waals surface area contributed by atoms with Crippen LogP contribution < -0.4 is 0 Å². The molecule has 1 saturated heterocycles. The highest BCUT2D eigenvalue weighted by molar-refractivity contribution is 6.32. The number of nitrogens with zero attached hydrogens (tertiary/aromatic N) is 1. The van der Waals surface area contributed by atoms with Crippen LogP contribution in [0, 0.1) is 0 Å². The molecule has 0 unspecified atom stereocenters. The maximum atomic E-state index is 10.8. The van der Waals surface area contributed by atoms with Crippen LogP contribution in [0.5, 0.6) is 0 Å². The van der Waals surface area contributed by atoms with Crippen LogP contribution in [0.2, 0.25) is 0 Å². The fourth-order valence-electron chi connectivity index (χ4n) is 1.75. The van der Waals surface area contributed by atoms with Crippen molar-refractivity contribution in [3.05, 3.63) is 0 Å². The van der Waals surface area contributed by atoms with Crippen LogP contribution in [0.3, 0.4) is 0 Å². The molecule has 0 aromatic heterocycles. The van der Waals surface area contributed by atoms with Crippen LogP contribution in [0.25, 0.3) is 0 Å². The van der Waals surface area contributed by atoms with E-state index < -0.39 is 11.8 Å². The number of carbonyl (C=O) groups is 2. The molecule has 0 aliphatic carbocycles. The topological polar surface area (TPSA) is 57.6 Å². The van der Waals surface area contributed by atoms with E-state index in [0.29, 0.717) is 6.42 Å². The molecule has 1 aliphatic rings. The molecule has 1 rings (SSSR count). The second-order valence-corrected chi connectivity index (χ2v) is 3.73. The van der Waals surface area contributed by atoms with E-state index in [0.717, 1.165) is 19.6 Å². The second-order valence-electron chi connectivity index (χ2n) is 3.73. The summed E-state index contributed by atoms with van der Waals surface area (Å²) in [6.07, 6.45) is 4.60. The van der Waals surface area contributed by atoms with E-state index in [1.807, 2.05) is 0 Å². The summed E-state index contributed by atoms with van der Waals surface area (Å²) in [6.45, 7) is 3.06. The van der Waals surface area contributed by atoms with Gasteiger partial charge in [0.15, 0.2) is 0 Å². The summed E-state index contributed by atoms with van der Waals surface area (Å²) in [7, 11) is 0. The van der Waals surface area contributed by atoms with Crippen molar-refractivity contribution in [2.75, 3.05) is 19.6 Å². The number of likely N-dealkylation sites (tertiary alicyclic amines) is 1. The molecular formula is C10H17NO3. The standard InChI is InChI=1S/C10H17NO3/c12-9(10(13)14)5-4-8-11-6-2-1-3-7-11/h1-8H2,(H,13,14). The summed E-state index contributed by atoms with van der Waals surface area (Å²) in [6, 6.07) is 0. The first-order valence-corrected chi connectivity index (χ1v) is 5.18. The lowest BCUT2D eigenvalue weighted by Crippen LogP contribution is -2.31. The van der Waals surface area contributed by atoms with Gasteiger partial charge in [0, 0.05) is 6.42 Å². The lowest BCUT2D eigenvalue weighted by atomic mass is 10.1. The third kappa shape index (κ3) is 3.87. The number of piperidine rings is 1. The van der Waals surface area contributed by atoms with E-state index in [1.165, 1.54) is 19.3 Å². The number of Topliss-reactive ketones (excluding diaryl/α,β-unsaturated/α-hetero) is 1. The normalized spacial score (nSPS) is 18.0. The van der Waals surface area contributed by atoms with Gasteiger partial charge >= 0.3 is 5.97 Å². The largest absolute Gasteiger partial charge is 0.476 e. The molecule has 0 radical (unpaired) electrons. The van der Waals surface area contributed by atoms with Crippen molar-refractivity contribution in [2.24, 2.45) is 0 Å². The van der Waals surface area contributed by atoms with Crippen LogP contribution in [-0.2, 0) is 9.59 Å². The van der Waals surface area contributed by atoms with E-state index in [2.05, 4.69) is 4.90 Å². The van der Waals surface area contributed by atoms with Gasteiger partial charge in [-0.1, -0.05) is 6.42 Å². The second kappa shape index (κ2) is 5.75. The number of hydrogen-bond donors (Lipinski definition) is 1. The summed E-state index contributed by atoms with van der Waals surface area (Å²) >= 11 is 0. The molecule has 1 aliphatic heterocycles. The van der Waals surface area contributed by atoms with Crippen molar-refractivity contribution < 1.29 is 14.7 Å². The van der Waals surface area contributed by atoms with Crippen LogP contribution in [0.1, 0.15) is 32.1 Å². The third-order valence-corrected chi connectivity index (χ3v) is 2.57. The summed E-state index contributed by atoms with van der Waals surface area (Å²) < 4.78 is 0. The van der Waals surface area contributed by atoms with Crippen molar-refractivity contribution in [3.8, 4) is 0 Å². The predicted octanol–water partition coefficient (Wildman–Crippen LogP) is 0.906. The number of carboxylic acid groups (broad SMARTS) is 1. The number of ketones is 1. The summed E-state index contributed by atoms with van der Waals surface area (Å²) in [5.74, 6) is -1.97. The Kier molecular flexibility index (Phi) is 4.59. The number of aliphatic carboxylic acids is 1. The maximum Gasteiger partial charge on any atom is 0.372 e. The first-order chi connectivity index (χ1) is 6.70. The Hall–Kier alpha value is -0.900. The fraction of sp³-hybridized carbons (Fsp3) is 0.800. The summed E-state index contributed by atoms with van der Waals surface area (Å²) in [4.78, 5) is 23.3. The molecule has 0 saturated carbocycles. The van der Waals surface area contributed by atoms with E-state index >= 15 is 0 Å². The predicted molar refractivity (Wildman–Crippen MR) is 52.2 cm³/mol. The first-order valence-electron chi connectivity index (χ1n) is 5.18. The van der Waals surface area contributed by atoms with Gasteiger partial charge in [0.25, 0.3) is 0 Å². The molecule has 4 heteroatoms. The average Bonchev–Trinajstić information content (AvgIpc) is 2.19. The maximum absolute atomic E-state index is 10.8. The highest BCUT2D eigenvalue weighted by Crippen LogP contribution is 2.09. The molecule has 0 spiro atoms. The van der Waals surface area contributed by atoms with Gasteiger partial charge in [0.05, 0.1) is 0 Å². The highest BCUT2D eigenvalue weighted by atomic mass is 16.4. The first kappa shape index (κ1) is 11.2. The molecule has 4 nitrogen and oxygen atoms in total. The van der Waals surface area contributed by atoms with E-state index in [9.17, 15) is 9.59 Å². The fourth-order valence-corrected chi connectivity index (χ4v) is 1.75. The Labute approximate surface area is 83.9 Å². The van der Waals surface area contributed by atoms with E-state index in [-0.39, 0.29) is 6.42 Å². The lowest BCUT2D eigenvalue weighted by Gasteiger charge is -2.25. The minimum atomic E-state index is -1.30. The van der Waals surface area contributed by atoms with Crippen LogP contribution in [0.4, 0.5) is 0 Å². The molecule has 0 bridgehead atoms. The van der Waals surface area contributed by atoms with Gasteiger partial charge in [0.1, 0.15) is 0 Å². The summed E-state index contributed by atoms with van der Waals surface area (Å²) in [5, 5.41) is 8.36. The smallest absolute Gasteiger partial charge is 0.372 e. The Bertz CT molecular complexity index is 209. The zero-order valence-electron chi connectivity index (χ0n) is 8.37. The Balaban J connectivity index is 2.08. The number of hydrogen-bond acceptors (Lipinski definition) is 3. The molecule has 0 aromatic carbocycles. The van der Waals surface area contributed by atoms with Crippen LogP contribution in [-0.4, -0.2) is 41.4 Å². The van der Waals surface area contributed by atoms with Crippen molar-refractivity contribution in [1.29, 1.82) is 0 Å². The molecule has 14 heavy (non-hydrogen) atoms. The van der Waals surface area contributed by atoms with Gasteiger partial charge in [-0.3, -0.25) is 4.79 Å². The van der Waals surface area contributed by atoms with Gasteiger partial charge < -0.3 is 10.0 Å². The third-order valence-electron chi connectivity index (χ3n) is 2.57. The zero-order valence-corrected chi connectivity index (χ0v) is 8.37. The Morgan fingerprint density at radius 1 is 1.14 bits per heavy atom. The van der Waals surface area contributed by atoms with Crippen LogP contribution in [0.15, 0.2) is 0 Å². The van der Waals surface area contributed by atoms with Gasteiger partial charge in [-0.2, -0.15) is 0 Å². The molecule has 0 amide bonds. The quantitative estimate of drug-likeness (QED) is 0.668. The molecule has 0 atom stereocenters. The van der Waals surface area contributed by atoms with Gasteiger partial charge in [-0.25, -0.2) is 4.79 Å². The van der Waals surface area contributed by atoms with Gasteiger partial charge in [-0.05, 0) is 38.9 Å². The monoisotopic (exact) mass is 199 g/mol. The molecule has 1 fully saturated rings. The van der Waals surface area contributed by atoms with E-state index in [1.54, 1.807) is 0 Å².